The fourth-order valence-corrected chi connectivity index (χ4v) is 4.15. The normalized spacial score (nSPS) is 22.3. The van der Waals surface area contributed by atoms with Crippen LogP contribution >= 0.6 is 0 Å². The summed E-state index contributed by atoms with van der Waals surface area (Å²) in [4.78, 5) is 2.57. The van der Waals surface area contributed by atoms with Gasteiger partial charge < -0.3 is 10.5 Å². The van der Waals surface area contributed by atoms with E-state index < -0.39 is 0 Å². The van der Waals surface area contributed by atoms with E-state index in [9.17, 15) is 0 Å². The van der Waals surface area contributed by atoms with Crippen LogP contribution in [0.2, 0.25) is 0 Å². The summed E-state index contributed by atoms with van der Waals surface area (Å²) in [6, 6.07) is 5.95. The maximum absolute atomic E-state index is 5.93. The van der Waals surface area contributed by atoms with Crippen LogP contribution in [-0.2, 0) is 6.54 Å². The number of rotatable bonds is 3. The van der Waals surface area contributed by atoms with Gasteiger partial charge in [-0.1, -0.05) is 19.3 Å². The smallest absolute Gasteiger partial charge is 0.123 e. The van der Waals surface area contributed by atoms with Gasteiger partial charge in [-0.3, -0.25) is 4.90 Å². The van der Waals surface area contributed by atoms with E-state index in [-0.39, 0.29) is 0 Å². The van der Waals surface area contributed by atoms with Crippen molar-refractivity contribution in [2.45, 2.75) is 51.5 Å². The third kappa shape index (κ3) is 3.34. The minimum atomic E-state index is 0.675. The summed E-state index contributed by atoms with van der Waals surface area (Å²) < 4.78 is 5.47. The Kier molecular flexibility index (Phi) is 4.39. The van der Waals surface area contributed by atoms with Gasteiger partial charge in [-0.05, 0) is 62.4 Å². The average Bonchev–Trinajstić information content (AvgIpc) is 2.51. The van der Waals surface area contributed by atoms with Crippen molar-refractivity contribution in [3.05, 3.63) is 23.8 Å². The van der Waals surface area contributed by atoms with Crippen molar-refractivity contribution >= 4 is 5.69 Å². The molecule has 1 aliphatic heterocycles. The van der Waals surface area contributed by atoms with Crippen LogP contribution in [0.25, 0.3) is 0 Å². The third-order valence-corrected chi connectivity index (χ3v) is 5.53. The Hall–Kier alpha value is -1.22. The number of piperidine rings is 1. The van der Waals surface area contributed by atoms with Gasteiger partial charge in [0.2, 0.25) is 0 Å². The Balaban J connectivity index is 1.61. The van der Waals surface area contributed by atoms with Crippen molar-refractivity contribution in [3.8, 4) is 5.75 Å². The number of anilines is 1. The number of hydrogen-bond acceptors (Lipinski definition) is 3. The second-order valence-corrected chi connectivity index (χ2v) is 6.91. The summed E-state index contributed by atoms with van der Waals surface area (Å²) >= 11 is 0. The molecule has 1 saturated carbocycles. The van der Waals surface area contributed by atoms with Crippen molar-refractivity contribution in [3.63, 3.8) is 0 Å². The lowest BCUT2D eigenvalue weighted by atomic mass is 9.68. The summed E-state index contributed by atoms with van der Waals surface area (Å²) in [7, 11) is 1.74. The van der Waals surface area contributed by atoms with Gasteiger partial charge >= 0.3 is 0 Å². The van der Waals surface area contributed by atoms with Gasteiger partial charge in [-0.2, -0.15) is 0 Å². The number of likely N-dealkylation sites (tertiary alicyclic amines) is 1. The van der Waals surface area contributed by atoms with Crippen molar-refractivity contribution in [2.75, 3.05) is 25.9 Å². The Morgan fingerprint density at radius 3 is 2.48 bits per heavy atom. The molecule has 0 bridgehead atoms. The topological polar surface area (TPSA) is 38.5 Å². The van der Waals surface area contributed by atoms with Crippen LogP contribution in [-0.4, -0.2) is 25.1 Å². The van der Waals surface area contributed by atoms with Gasteiger partial charge in [0.05, 0.1) is 7.11 Å². The van der Waals surface area contributed by atoms with Crippen LogP contribution < -0.4 is 10.5 Å². The molecule has 0 radical (unpaired) electrons. The van der Waals surface area contributed by atoms with Crippen LogP contribution in [0.15, 0.2) is 18.2 Å². The fourth-order valence-electron chi connectivity index (χ4n) is 4.15. The molecule has 0 aromatic heterocycles. The van der Waals surface area contributed by atoms with Crippen molar-refractivity contribution < 1.29 is 4.74 Å². The zero-order valence-electron chi connectivity index (χ0n) is 13.2. The van der Waals surface area contributed by atoms with Gasteiger partial charge in [0.15, 0.2) is 0 Å². The number of nitrogen functional groups attached to an aromatic ring is 1. The molecule has 0 unspecified atom stereocenters. The molecule has 1 saturated heterocycles. The second kappa shape index (κ2) is 6.27. The highest BCUT2D eigenvalue weighted by molar-refractivity contribution is 5.47. The summed E-state index contributed by atoms with van der Waals surface area (Å²) in [5, 5.41) is 0. The molecule has 116 valence electrons. The van der Waals surface area contributed by atoms with E-state index in [1.165, 1.54) is 63.6 Å². The van der Waals surface area contributed by atoms with Gasteiger partial charge in [-0.25, -0.2) is 0 Å². The molecule has 0 atom stereocenters. The molecule has 2 fully saturated rings. The molecule has 0 amide bonds. The lowest BCUT2D eigenvalue weighted by molar-refractivity contribution is 0.0638. The maximum atomic E-state index is 5.93. The quantitative estimate of drug-likeness (QED) is 0.859. The van der Waals surface area contributed by atoms with Crippen molar-refractivity contribution in [1.82, 2.24) is 4.90 Å². The van der Waals surface area contributed by atoms with Crippen LogP contribution in [0.4, 0.5) is 5.69 Å². The van der Waals surface area contributed by atoms with E-state index in [4.69, 9.17) is 10.5 Å². The van der Waals surface area contributed by atoms with Crippen LogP contribution in [0.1, 0.15) is 50.5 Å². The number of benzene rings is 1. The first-order valence-electron chi connectivity index (χ1n) is 8.36. The largest absolute Gasteiger partial charge is 0.496 e. The SMILES string of the molecule is COc1ccc(N)cc1CN1CCC2(CCCCC2)CC1. The molecule has 1 aromatic carbocycles. The molecule has 3 rings (SSSR count). The van der Waals surface area contributed by atoms with Crippen LogP contribution in [0.5, 0.6) is 5.75 Å². The predicted molar refractivity (Wildman–Crippen MR) is 87.4 cm³/mol. The molecule has 21 heavy (non-hydrogen) atoms. The Bertz CT molecular complexity index is 470. The zero-order chi connectivity index (χ0) is 14.7. The standard InChI is InChI=1S/C18H28N2O/c1-21-17-6-5-16(19)13-15(17)14-20-11-9-18(10-12-20)7-3-2-4-8-18/h5-6,13H,2-4,7-12,14,19H2,1H3. The molecular weight excluding hydrogens is 260 g/mol. The molecule has 1 spiro atoms. The first kappa shape index (κ1) is 14.7. The van der Waals surface area contributed by atoms with Crippen molar-refractivity contribution in [2.24, 2.45) is 5.41 Å². The highest BCUT2D eigenvalue weighted by Crippen LogP contribution is 2.44. The summed E-state index contributed by atoms with van der Waals surface area (Å²) in [5.41, 5.74) is 8.65. The van der Waals surface area contributed by atoms with E-state index in [0.717, 1.165) is 18.0 Å². The van der Waals surface area contributed by atoms with Gasteiger partial charge in [-0.15, -0.1) is 0 Å². The van der Waals surface area contributed by atoms with Crippen molar-refractivity contribution in [1.29, 1.82) is 0 Å². The van der Waals surface area contributed by atoms with E-state index >= 15 is 0 Å². The molecule has 3 nitrogen and oxygen atoms in total. The number of hydrogen-bond donors (Lipinski definition) is 1. The molecular formula is C18H28N2O. The Morgan fingerprint density at radius 2 is 1.81 bits per heavy atom. The highest BCUT2D eigenvalue weighted by atomic mass is 16.5. The van der Waals surface area contributed by atoms with Gasteiger partial charge in [0, 0.05) is 17.8 Å². The molecule has 1 aromatic rings. The first-order valence-corrected chi connectivity index (χ1v) is 8.36. The minimum absolute atomic E-state index is 0.675. The first-order chi connectivity index (χ1) is 10.2. The molecule has 1 heterocycles. The number of nitrogens with zero attached hydrogens (tertiary/aromatic N) is 1. The molecule has 1 aliphatic carbocycles. The lowest BCUT2D eigenvalue weighted by Gasteiger charge is -2.44. The van der Waals surface area contributed by atoms with E-state index in [1.807, 2.05) is 12.1 Å². The monoisotopic (exact) mass is 288 g/mol. The number of ether oxygens (including phenoxy) is 1. The van der Waals surface area contributed by atoms with E-state index in [0.29, 0.717) is 5.41 Å². The number of nitrogens with two attached hydrogens (primary N) is 1. The minimum Gasteiger partial charge on any atom is -0.496 e. The van der Waals surface area contributed by atoms with E-state index in [1.54, 1.807) is 7.11 Å². The fraction of sp³-hybridized carbons (Fsp3) is 0.667. The molecule has 2 aliphatic rings. The van der Waals surface area contributed by atoms with Crippen LogP contribution in [0, 0.1) is 5.41 Å². The summed E-state index contributed by atoms with van der Waals surface area (Å²) in [5.74, 6) is 0.960. The highest BCUT2D eigenvalue weighted by Gasteiger charge is 2.35. The zero-order valence-corrected chi connectivity index (χ0v) is 13.2. The van der Waals surface area contributed by atoms with Gasteiger partial charge in [0.1, 0.15) is 5.75 Å². The molecule has 3 heteroatoms. The second-order valence-electron chi connectivity index (χ2n) is 6.91. The summed E-state index contributed by atoms with van der Waals surface area (Å²) in [6.07, 6.45) is 10.0. The Morgan fingerprint density at radius 1 is 1.10 bits per heavy atom. The Labute approximate surface area is 128 Å². The molecule has 2 N–H and O–H groups in total. The van der Waals surface area contributed by atoms with Gasteiger partial charge in [0.25, 0.3) is 0 Å². The number of methoxy groups -OCH3 is 1. The summed E-state index contributed by atoms with van der Waals surface area (Å²) in [6.45, 7) is 3.40. The maximum Gasteiger partial charge on any atom is 0.123 e. The van der Waals surface area contributed by atoms with Crippen LogP contribution in [0.3, 0.4) is 0 Å². The predicted octanol–water partition coefficient (Wildman–Crippen LogP) is 3.82. The third-order valence-electron chi connectivity index (χ3n) is 5.53. The lowest BCUT2D eigenvalue weighted by Crippen LogP contribution is -2.40. The average molecular weight is 288 g/mol. The van der Waals surface area contributed by atoms with E-state index in [2.05, 4.69) is 11.0 Å².